The fourth-order valence-electron chi connectivity index (χ4n) is 2.80. The number of aromatic nitrogens is 1. The molecule has 3 rings (SSSR count). The third-order valence-electron chi connectivity index (χ3n) is 3.81. The van der Waals surface area contributed by atoms with Crippen LogP contribution in [-0.2, 0) is 17.6 Å². The predicted octanol–water partition coefficient (Wildman–Crippen LogP) is 3.84. The van der Waals surface area contributed by atoms with E-state index < -0.39 is 0 Å². The van der Waals surface area contributed by atoms with Crippen LogP contribution in [0.4, 0.5) is 0 Å². The highest BCUT2D eigenvalue weighted by Crippen LogP contribution is 2.38. The molecule has 0 aromatic carbocycles. The summed E-state index contributed by atoms with van der Waals surface area (Å²) in [6.45, 7) is 4.56. The molecule has 1 aliphatic rings. The van der Waals surface area contributed by atoms with Crippen molar-refractivity contribution in [3.63, 3.8) is 0 Å². The van der Waals surface area contributed by atoms with Gasteiger partial charge < -0.3 is 9.30 Å². The maximum atomic E-state index is 12.3. The Hall–Kier alpha value is -1.55. The molecular formula is C16H19NO2S. The number of rotatable bonds is 3. The van der Waals surface area contributed by atoms with Crippen molar-refractivity contribution in [1.29, 1.82) is 0 Å². The Kier molecular flexibility index (Phi) is 3.66. The molecule has 0 radical (unpaired) electrons. The van der Waals surface area contributed by atoms with E-state index in [1.165, 1.54) is 10.4 Å². The van der Waals surface area contributed by atoms with Crippen LogP contribution in [0.25, 0.3) is 5.00 Å². The number of hydrogen-bond acceptors (Lipinski definition) is 3. The second-order valence-corrected chi connectivity index (χ2v) is 6.43. The number of carbonyl (C=O) groups excluding carboxylic acids is 1. The van der Waals surface area contributed by atoms with Crippen molar-refractivity contribution in [3.8, 4) is 5.00 Å². The molecular weight excluding hydrogens is 270 g/mol. The maximum absolute atomic E-state index is 12.3. The highest BCUT2D eigenvalue weighted by Gasteiger charge is 2.28. The van der Waals surface area contributed by atoms with E-state index in [1.807, 2.05) is 36.0 Å². The summed E-state index contributed by atoms with van der Waals surface area (Å²) in [5, 5.41) is 1.01. The van der Waals surface area contributed by atoms with Crippen molar-refractivity contribution >= 4 is 17.3 Å². The van der Waals surface area contributed by atoms with Gasteiger partial charge in [0.05, 0.1) is 12.2 Å². The van der Waals surface area contributed by atoms with Gasteiger partial charge in [-0.25, -0.2) is 4.79 Å². The number of esters is 1. The lowest BCUT2D eigenvalue weighted by atomic mass is 9.88. The van der Waals surface area contributed by atoms with Crippen LogP contribution < -0.4 is 0 Å². The molecule has 0 saturated carbocycles. The average Bonchev–Trinajstić information content (AvgIpc) is 3.04. The first-order chi connectivity index (χ1) is 9.70. The molecule has 0 spiro atoms. The fraction of sp³-hybridized carbons (Fsp3) is 0.438. The third-order valence-corrected chi connectivity index (χ3v) is 5.08. The Labute approximate surface area is 123 Å². The van der Waals surface area contributed by atoms with Crippen molar-refractivity contribution in [2.75, 3.05) is 6.61 Å². The standard InChI is InChI=1S/C16H19NO2S/c1-3-19-16(18)14-12-7-6-11(2)10-13(12)20-15(14)17-8-4-5-9-17/h4-5,8-9,11H,3,6-7,10H2,1-2H3/t11-/m0/s1. The molecule has 2 aromatic heterocycles. The maximum Gasteiger partial charge on any atom is 0.341 e. The molecule has 106 valence electrons. The van der Waals surface area contributed by atoms with Crippen molar-refractivity contribution in [3.05, 3.63) is 40.5 Å². The van der Waals surface area contributed by atoms with Crippen LogP contribution in [0, 0.1) is 5.92 Å². The third kappa shape index (κ3) is 2.29. The first-order valence-corrected chi connectivity index (χ1v) is 7.97. The second-order valence-electron chi connectivity index (χ2n) is 5.34. The SMILES string of the molecule is CCOC(=O)c1c(-n2cccc2)sc2c1CC[C@H](C)C2. The summed E-state index contributed by atoms with van der Waals surface area (Å²) in [5.41, 5.74) is 2.00. The summed E-state index contributed by atoms with van der Waals surface area (Å²) in [4.78, 5) is 13.7. The molecule has 0 aliphatic heterocycles. The second kappa shape index (κ2) is 5.44. The fourth-order valence-corrected chi connectivity index (χ4v) is 4.27. The van der Waals surface area contributed by atoms with Gasteiger partial charge >= 0.3 is 5.97 Å². The Morgan fingerprint density at radius 3 is 2.90 bits per heavy atom. The van der Waals surface area contributed by atoms with Gasteiger partial charge in [-0.3, -0.25) is 0 Å². The number of hydrogen-bond donors (Lipinski definition) is 0. The molecule has 0 amide bonds. The van der Waals surface area contributed by atoms with Gasteiger partial charge in [-0.2, -0.15) is 0 Å². The molecule has 20 heavy (non-hydrogen) atoms. The Morgan fingerprint density at radius 1 is 1.45 bits per heavy atom. The quantitative estimate of drug-likeness (QED) is 0.804. The zero-order chi connectivity index (χ0) is 14.1. The van der Waals surface area contributed by atoms with Crippen LogP contribution in [0.1, 0.15) is 41.1 Å². The van der Waals surface area contributed by atoms with Gasteiger partial charge in [0.15, 0.2) is 0 Å². The van der Waals surface area contributed by atoms with Crippen molar-refractivity contribution in [2.24, 2.45) is 5.92 Å². The lowest BCUT2D eigenvalue weighted by molar-refractivity contribution is 0.0525. The van der Waals surface area contributed by atoms with Crippen LogP contribution >= 0.6 is 11.3 Å². The van der Waals surface area contributed by atoms with Gasteiger partial charge in [0.1, 0.15) is 5.00 Å². The first kappa shape index (κ1) is 13.4. The molecule has 1 atom stereocenters. The minimum absolute atomic E-state index is 0.178. The average molecular weight is 289 g/mol. The van der Waals surface area contributed by atoms with Gasteiger partial charge in [0, 0.05) is 17.3 Å². The minimum Gasteiger partial charge on any atom is -0.462 e. The topological polar surface area (TPSA) is 31.2 Å². The number of ether oxygens (including phenoxy) is 1. The Balaban J connectivity index is 2.11. The van der Waals surface area contributed by atoms with E-state index in [-0.39, 0.29) is 5.97 Å². The summed E-state index contributed by atoms with van der Waals surface area (Å²) in [5.74, 6) is 0.525. The van der Waals surface area contributed by atoms with Crippen LogP contribution in [0.3, 0.4) is 0 Å². The highest BCUT2D eigenvalue weighted by molar-refractivity contribution is 7.15. The first-order valence-electron chi connectivity index (χ1n) is 7.15. The van der Waals surface area contributed by atoms with Gasteiger partial charge in [0.2, 0.25) is 0 Å². The molecule has 2 heterocycles. The van der Waals surface area contributed by atoms with Gasteiger partial charge in [-0.15, -0.1) is 11.3 Å². The molecule has 0 unspecified atom stereocenters. The van der Waals surface area contributed by atoms with Crippen molar-refractivity contribution in [1.82, 2.24) is 4.57 Å². The van der Waals surface area contributed by atoms with E-state index in [0.717, 1.165) is 29.8 Å². The molecule has 0 N–H and O–H groups in total. The Bertz CT molecular complexity index is 613. The zero-order valence-electron chi connectivity index (χ0n) is 11.9. The van der Waals surface area contributed by atoms with Crippen LogP contribution in [0.15, 0.2) is 24.5 Å². The predicted molar refractivity (Wildman–Crippen MR) is 80.8 cm³/mol. The van der Waals surface area contributed by atoms with Crippen LogP contribution in [-0.4, -0.2) is 17.1 Å². The molecule has 4 heteroatoms. The summed E-state index contributed by atoms with van der Waals surface area (Å²) >= 11 is 1.74. The monoisotopic (exact) mass is 289 g/mol. The van der Waals surface area contributed by atoms with E-state index in [4.69, 9.17) is 4.74 Å². The normalized spacial score (nSPS) is 17.8. The van der Waals surface area contributed by atoms with E-state index in [0.29, 0.717) is 12.5 Å². The molecule has 0 saturated heterocycles. The van der Waals surface area contributed by atoms with E-state index in [9.17, 15) is 4.79 Å². The van der Waals surface area contributed by atoms with Crippen LogP contribution in [0.2, 0.25) is 0 Å². The number of fused-ring (bicyclic) bond motifs is 1. The summed E-state index contributed by atoms with van der Waals surface area (Å²) < 4.78 is 7.30. The lowest BCUT2D eigenvalue weighted by Gasteiger charge is -2.18. The molecule has 0 fully saturated rings. The van der Waals surface area contributed by atoms with Crippen molar-refractivity contribution in [2.45, 2.75) is 33.1 Å². The van der Waals surface area contributed by atoms with E-state index in [1.54, 1.807) is 11.3 Å². The Morgan fingerprint density at radius 2 is 2.20 bits per heavy atom. The molecule has 3 nitrogen and oxygen atoms in total. The summed E-state index contributed by atoms with van der Waals surface area (Å²) in [7, 11) is 0. The lowest BCUT2D eigenvalue weighted by Crippen LogP contribution is -2.14. The van der Waals surface area contributed by atoms with Gasteiger partial charge in [0.25, 0.3) is 0 Å². The summed E-state index contributed by atoms with van der Waals surface area (Å²) in [6.07, 6.45) is 7.20. The van der Waals surface area contributed by atoms with E-state index in [2.05, 4.69) is 6.92 Å². The number of nitrogens with zero attached hydrogens (tertiary/aromatic N) is 1. The zero-order valence-corrected chi connectivity index (χ0v) is 12.7. The molecule has 0 bridgehead atoms. The molecule has 2 aromatic rings. The van der Waals surface area contributed by atoms with Crippen LogP contribution in [0.5, 0.6) is 0 Å². The number of thiophene rings is 1. The smallest absolute Gasteiger partial charge is 0.341 e. The van der Waals surface area contributed by atoms with Gasteiger partial charge in [-0.05, 0) is 49.8 Å². The van der Waals surface area contributed by atoms with Gasteiger partial charge in [-0.1, -0.05) is 6.92 Å². The minimum atomic E-state index is -0.178. The molecule has 1 aliphatic carbocycles. The highest BCUT2D eigenvalue weighted by atomic mass is 32.1. The largest absolute Gasteiger partial charge is 0.462 e. The summed E-state index contributed by atoms with van der Waals surface area (Å²) in [6, 6.07) is 3.96. The number of carbonyl (C=O) groups is 1. The van der Waals surface area contributed by atoms with Crippen molar-refractivity contribution < 1.29 is 9.53 Å². The van der Waals surface area contributed by atoms with E-state index >= 15 is 0 Å².